The quantitative estimate of drug-likeness (QED) is 0.432. The van der Waals surface area contributed by atoms with Crippen molar-refractivity contribution in [2.45, 2.75) is 25.6 Å². The number of methoxy groups -OCH3 is 1. The molecular formula is C16H22O7. The maximum atomic E-state index is 11.8. The van der Waals surface area contributed by atoms with Crippen LogP contribution in [0.2, 0.25) is 0 Å². The second-order valence-corrected chi connectivity index (χ2v) is 4.99. The van der Waals surface area contributed by atoms with Crippen LogP contribution in [0.15, 0.2) is 18.2 Å². The van der Waals surface area contributed by atoms with Gasteiger partial charge in [0, 0.05) is 19.6 Å². The SMILES string of the molecule is CCOC(=O)[C@H]1Oc2cc(OCOCCOC)ccc2C[C@@H]1O. The Balaban J connectivity index is 1.96. The molecule has 1 aromatic rings. The molecule has 0 unspecified atom stereocenters. The number of ether oxygens (including phenoxy) is 5. The zero-order chi connectivity index (χ0) is 16.7. The summed E-state index contributed by atoms with van der Waals surface area (Å²) in [4.78, 5) is 11.8. The maximum absolute atomic E-state index is 11.8. The lowest BCUT2D eigenvalue weighted by Gasteiger charge is -2.29. The summed E-state index contributed by atoms with van der Waals surface area (Å²) in [5, 5.41) is 10.0. The van der Waals surface area contributed by atoms with Crippen LogP contribution in [0, 0.1) is 0 Å². The Morgan fingerprint density at radius 1 is 1.39 bits per heavy atom. The molecule has 0 saturated carbocycles. The van der Waals surface area contributed by atoms with Crippen LogP contribution in [-0.2, 0) is 25.4 Å². The van der Waals surface area contributed by atoms with E-state index in [-0.39, 0.29) is 13.4 Å². The van der Waals surface area contributed by atoms with E-state index in [4.69, 9.17) is 23.7 Å². The van der Waals surface area contributed by atoms with Crippen LogP contribution >= 0.6 is 0 Å². The summed E-state index contributed by atoms with van der Waals surface area (Å²) in [5.74, 6) is 0.489. The van der Waals surface area contributed by atoms with Crippen molar-refractivity contribution in [2.75, 3.05) is 33.7 Å². The number of aliphatic hydroxyl groups is 1. The highest BCUT2D eigenvalue weighted by Gasteiger charge is 2.35. The van der Waals surface area contributed by atoms with Crippen molar-refractivity contribution in [3.63, 3.8) is 0 Å². The Kier molecular flexibility index (Phi) is 6.64. The number of esters is 1. The third kappa shape index (κ3) is 4.82. The summed E-state index contributed by atoms with van der Waals surface area (Å²) in [6, 6.07) is 5.23. The van der Waals surface area contributed by atoms with Gasteiger partial charge in [0.25, 0.3) is 0 Å². The van der Waals surface area contributed by atoms with Gasteiger partial charge in [0.05, 0.1) is 19.8 Å². The molecule has 1 heterocycles. The van der Waals surface area contributed by atoms with Crippen molar-refractivity contribution in [2.24, 2.45) is 0 Å². The van der Waals surface area contributed by atoms with Gasteiger partial charge in [0.15, 0.2) is 6.79 Å². The topological polar surface area (TPSA) is 83.5 Å². The lowest BCUT2D eigenvalue weighted by Crippen LogP contribution is -2.44. The lowest BCUT2D eigenvalue weighted by molar-refractivity contribution is -0.157. The van der Waals surface area contributed by atoms with Crippen molar-refractivity contribution < 1.29 is 33.6 Å². The van der Waals surface area contributed by atoms with Gasteiger partial charge < -0.3 is 28.8 Å². The van der Waals surface area contributed by atoms with Gasteiger partial charge in [-0.1, -0.05) is 6.07 Å². The predicted octanol–water partition coefficient (Wildman–Crippen LogP) is 0.913. The molecule has 7 heteroatoms. The average molecular weight is 326 g/mol. The van der Waals surface area contributed by atoms with Crippen LogP contribution in [0.25, 0.3) is 0 Å². The highest BCUT2D eigenvalue weighted by molar-refractivity contribution is 5.76. The van der Waals surface area contributed by atoms with Crippen LogP contribution < -0.4 is 9.47 Å². The number of carbonyl (C=O) groups is 1. The van der Waals surface area contributed by atoms with Crippen LogP contribution in [-0.4, -0.2) is 57.0 Å². The number of hydrogen-bond acceptors (Lipinski definition) is 7. The molecule has 7 nitrogen and oxygen atoms in total. The largest absolute Gasteiger partial charge is 0.476 e. The zero-order valence-corrected chi connectivity index (χ0v) is 13.3. The zero-order valence-electron chi connectivity index (χ0n) is 13.3. The number of carbonyl (C=O) groups excluding carboxylic acids is 1. The summed E-state index contributed by atoms with van der Waals surface area (Å²) in [6.45, 7) is 2.97. The first kappa shape index (κ1) is 17.5. The molecule has 0 spiro atoms. The molecule has 0 radical (unpaired) electrons. The summed E-state index contributed by atoms with van der Waals surface area (Å²) in [7, 11) is 1.60. The summed E-state index contributed by atoms with van der Waals surface area (Å²) >= 11 is 0. The molecule has 0 amide bonds. The van der Waals surface area contributed by atoms with E-state index in [1.54, 1.807) is 32.2 Å². The fraction of sp³-hybridized carbons (Fsp3) is 0.562. The van der Waals surface area contributed by atoms with Gasteiger partial charge >= 0.3 is 5.97 Å². The Bertz CT molecular complexity index is 517. The Morgan fingerprint density at radius 3 is 2.96 bits per heavy atom. The molecule has 1 aliphatic heterocycles. The van der Waals surface area contributed by atoms with Crippen LogP contribution in [0.3, 0.4) is 0 Å². The standard InChI is InChI=1S/C16H22O7/c1-3-21-16(18)15-13(17)8-11-4-5-12(9-14(11)23-15)22-10-20-7-6-19-2/h4-5,9,13,15,17H,3,6-8,10H2,1-2H3/t13-,15-/m0/s1. The normalized spacial score (nSPS) is 19.6. The molecule has 0 aromatic heterocycles. The van der Waals surface area contributed by atoms with E-state index >= 15 is 0 Å². The minimum absolute atomic E-state index is 0.0894. The van der Waals surface area contributed by atoms with Gasteiger partial charge in [-0.25, -0.2) is 4.79 Å². The van der Waals surface area contributed by atoms with Gasteiger partial charge in [-0.3, -0.25) is 0 Å². The third-order valence-electron chi connectivity index (χ3n) is 3.33. The molecule has 1 aromatic carbocycles. The second-order valence-electron chi connectivity index (χ2n) is 4.99. The van der Waals surface area contributed by atoms with E-state index in [1.165, 1.54) is 0 Å². The minimum Gasteiger partial charge on any atom is -0.476 e. The Hall–Kier alpha value is -1.83. The monoisotopic (exact) mass is 326 g/mol. The molecule has 2 rings (SSSR count). The number of aliphatic hydroxyl groups excluding tert-OH is 1. The second kappa shape index (κ2) is 8.71. The van der Waals surface area contributed by atoms with Crippen molar-refractivity contribution in [1.82, 2.24) is 0 Å². The maximum Gasteiger partial charge on any atom is 0.350 e. The predicted molar refractivity (Wildman–Crippen MR) is 80.5 cm³/mol. The highest BCUT2D eigenvalue weighted by Crippen LogP contribution is 2.32. The minimum atomic E-state index is -1.02. The molecule has 0 aliphatic carbocycles. The molecule has 0 fully saturated rings. The fourth-order valence-corrected chi connectivity index (χ4v) is 2.19. The van der Waals surface area contributed by atoms with Crippen LogP contribution in [0.1, 0.15) is 12.5 Å². The highest BCUT2D eigenvalue weighted by atomic mass is 16.7. The molecule has 23 heavy (non-hydrogen) atoms. The smallest absolute Gasteiger partial charge is 0.350 e. The molecule has 0 bridgehead atoms. The fourth-order valence-electron chi connectivity index (χ4n) is 2.19. The van der Waals surface area contributed by atoms with E-state index in [0.29, 0.717) is 31.1 Å². The van der Waals surface area contributed by atoms with Gasteiger partial charge in [-0.05, 0) is 18.6 Å². The first-order valence-corrected chi connectivity index (χ1v) is 7.49. The van der Waals surface area contributed by atoms with E-state index in [0.717, 1.165) is 5.56 Å². The first-order chi connectivity index (χ1) is 11.2. The van der Waals surface area contributed by atoms with Crippen molar-refractivity contribution in [3.05, 3.63) is 23.8 Å². The van der Waals surface area contributed by atoms with Crippen molar-refractivity contribution >= 4 is 5.97 Å². The first-order valence-electron chi connectivity index (χ1n) is 7.49. The molecule has 2 atom stereocenters. The van der Waals surface area contributed by atoms with Crippen LogP contribution in [0.5, 0.6) is 11.5 Å². The summed E-state index contributed by atoms with van der Waals surface area (Å²) < 4.78 is 26.0. The van der Waals surface area contributed by atoms with E-state index < -0.39 is 18.2 Å². The number of hydrogen-bond donors (Lipinski definition) is 1. The molecular weight excluding hydrogens is 304 g/mol. The van der Waals surface area contributed by atoms with E-state index in [2.05, 4.69) is 0 Å². The van der Waals surface area contributed by atoms with Gasteiger partial charge in [-0.2, -0.15) is 0 Å². The Morgan fingerprint density at radius 2 is 2.22 bits per heavy atom. The molecule has 128 valence electrons. The van der Waals surface area contributed by atoms with Crippen molar-refractivity contribution in [3.8, 4) is 11.5 Å². The Labute approximate surface area is 135 Å². The molecule has 1 aliphatic rings. The van der Waals surface area contributed by atoms with Crippen LogP contribution in [0.4, 0.5) is 0 Å². The van der Waals surface area contributed by atoms with E-state index in [9.17, 15) is 9.90 Å². The summed E-state index contributed by atoms with van der Waals surface area (Å²) in [5.41, 5.74) is 0.811. The lowest BCUT2D eigenvalue weighted by atomic mass is 9.99. The van der Waals surface area contributed by atoms with Gasteiger partial charge in [-0.15, -0.1) is 0 Å². The van der Waals surface area contributed by atoms with Gasteiger partial charge in [0.1, 0.15) is 17.6 Å². The number of rotatable bonds is 8. The third-order valence-corrected chi connectivity index (χ3v) is 3.33. The molecule has 0 saturated heterocycles. The van der Waals surface area contributed by atoms with Crippen molar-refractivity contribution in [1.29, 1.82) is 0 Å². The number of benzene rings is 1. The average Bonchev–Trinajstić information content (AvgIpc) is 2.54. The molecule has 1 N–H and O–H groups in total. The summed E-state index contributed by atoms with van der Waals surface area (Å²) in [6.07, 6.45) is -1.62. The number of fused-ring (bicyclic) bond motifs is 1. The van der Waals surface area contributed by atoms with Gasteiger partial charge in [0.2, 0.25) is 6.10 Å². The van der Waals surface area contributed by atoms with E-state index in [1.807, 2.05) is 0 Å².